The molecule has 0 bridgehead atoms. The lowest BCUT2D eigenvalue weighted by Crippen LogP contribution is -2.17. The summed E-state index contributed by atoms with van der Waals surface area (Å²) >= 11 is 5.72. The highest BCUT2D eigenvalue weighted by atomic mass is 35.5. The zero-order valence-electron chi connectivity index (χ0n) is 10.7. The van der Waals surface area contributed by atoms with E-state index >= 15 is 0 Å². The van der Waals surface area contributed by atoms with E-state index in [2.05, 4.69) is 14.7 Å². The van der Waals surface area contributed by atoms with Crippen molar-refractivity contribution in [3.05, 3.63) is 35.2 Å². The van der Waals surface area contributed by atoms with E-state index in [0.717, 1.165) is 18.2 Å². The molecule has 0 aliphatic heterocycles. The molecule has 0 amide bonds. The molecule has 0 fully saturated rings. The Labute approximate surface area is 125 Å². The molecule has 0 atom stereocenters. The van der Waals surface area contributed by atoms with E-state index in [1.54, 1.807) is 0 Å². The quantitative estimate of drug-likeness (QED) is 0.651. The molecule has 0 aliphatic rings. The minimum Gasteiger partial charge on any atom is -0.481 e. The van der Waals surface area contributed by atoms with E-state index in [0.29, 0.717) is 0 Å². The fourth-order valence-corrected chi connectivity index (χ4v) is 2.72. The second-order valence-corrected chi connectivity index (χ2v) is 5.88. The van der Waals surface area contributed by atoms with Gasteiger partial charge in [0.2, 0.25) is 11.8 Å². The molecular formula is C11H10ClFN4O3S. The van der Waals surface area contributed by atoms with E-state index in [1.165, 1.54) is 13.2 Å². The predicted octanol–water partition coefficient (Wildman–Crippen LogP) is 1.66. The van der Waals surface area contributed by atoms with Crippen LogP contribution in [0.25, 0.3) is 0 Å². The van der Waals surface area contributed by atoms with Gasteiger partial charge in [-0.05, 0) is 18.2 Å². The summed E-state index contributed by atoms with van der Waals surface area (Å²) < 4.78 is 44.2. The Morgan fingerprint density at radius 3 is 2.67 bits per heavy atom. The molecular weight excluding hydrogens is 323 g/mol. The maximum absolute atomic E-state index is 13.0. The highest BCUT2D eigenvalue weighted by Crippen LogP contribution is 2.23. The molecule has 10 heteroatoms. The molecule has 21 heavy (non-hydrogen) atoms. The number of benzene rings is 1. The third kappa shape index (κ3) is 3.50. The fourth-order valence-electron chi connectivity index (χ4n) is 1.49. The Morgan fingerprint density at radius 1 is 1.33 bits per heavy atom. The zero-order chi connectivity index (χ0) is 15.6. The maximum Gasteiger partial charge on any atom is 0.266 e. The molecule has 1 aromatic heterocycles. The van der Waals surface area contributed by atoms with Gasteiger partial charge in [-0.2, -0.15) is 4.98 Å². The first-order valence-corrected chi connectivity index (χ1v) is 7.34. The van der Waals surface area contributed by atoms with Gasteiger partial charge in [-0.25, -0.2) is 22.5 Å². The largest absolute Gasteiger partial charge is 0.481 e. The number of rotatable bonds is 4. The number of nitrogens with two attached hydrogens (primary N) is 1. The highest BCUT2D eigenvalue weighted by molar-refractivity contribution is 7.92. The van der Waals surface area contributed by atoms with Crippen LogP contribution in [0, 0.1) is 5.82 Å². The number of anilines is 2. The van der Waals surface area contributed by atoms with Crippen LogP contribution < -0.4 is 15.2 Å². The monoisotopic (exact) mass is 332 g/mol. The summed E-state index contributed by atoms with van der Waals surface area (Å²) in [6.07, 6.45) is 0. The van der Waals surface area contributed by atoms with Gasteiger partial charge in [-0.1, -0.05) is 11.6 Å². The van der Waals surface area contributed by atoms with Gasteiger partial charge in [0.15, 0.2) is 0 Å². The molecule has 0 radical (unpaired) electrons. The van der Waals surface area contributed by atoms with Crippen LogP contribution in [0.3, 0.4) is 0 Å². The van der Waals surface area contributed by atoms with Crippen LogP contribution in [-0.4, -0.2) is 25.5 Å². The van der Waals surface area contributed by atoms with Crippen molar-refractivity contribution in [1.29, 1.82) is 0 Å². The smallest absolute Gasteiger partial charge is 0.266 e. The molecule has 3 N–H and O–H groups in total. The summed E-state index contributed by atoms with van der Waals surface area (Å²) in [6.45, 7) is 0. The van der Waals surface area contributed by atoms with Crippen LogP contribution in [0.1, 0.15) is 0 Å². The van der Waals surface area contributed by atoms with Crippen molar-refractivity contribution in [2.45, 2.75) is 4.90 Å². The zero-order valence-corrected chi connectivity index (χ0v) is 12.2. The Hall–Kier alpha value is -2.13. The molecule has 0 spiro atoms. The van der Waals surface area contributed by atoms with Crippen molar-refractivity contribution in [2.24, 2.45) is 0 Å². The summed E-state index contributed by atoms with van der Waals surface area (Å²) in [5.41, 5.74) is 5.26. The molecule has 2 rings (SSSR count). The molecule has 1 heterocycles. The summed E-state index contributed by atoms with van der Waals surface area (Å²) in [6, 6.07) is 4.22. The van der Waals surface area contributed by atoms with Crippen molar-refractivity contribution < 1.29 is 17.5 Å². The SMILES string of the molecule is COc1cc(Cl)nc(NS(=O)(=O)c2ccc(F)cc2N)n1. The highest BCUT2D eigenvalue weighted by Gasteiger charge is 2.20. The number of aromatic nitrogens is 2. The third-order valence-corrected chi connectivity index (χ3v) is 3.96. The first-order valence-electron chi connectivity index (χ1n) is 5.48. The topological polar surface area (TPSA) is 107 Å². The lowest BCUT2D eigenvalue weighted by atomic mass is 10.3. The van der Waals surface area contributed by atoms with Gasteiger partial charge in [-0.15, -0.1) is 0 Å². The first-order chi connectivity index (χ1) is 9.81. The van der Waals surface area contributed by atoms with Crippen LogP contribution >= 0.6 is 11.6 Å². The van der Waals surface area contributed by atoms with Crippen molar-refractivity contribution in [3.63, 3.8) is 0 Å². The van der Waals surface area contributed by atoms with Gasteiger partial charge in [0.1, 0.15) is 15.9 Å². The van der Waals surface area contributed by atoms with Crippen LogP contribution in [0.15, 0.2) is 29.2 Å². The fraction of sp³-hybridized carbons (Fsp3) is 0.0909. The van der Waals surface area contributed by atoms with Crippen molar-refractivity contribution in [3.8, 4) is 5.88 Å². The Bertz CT molecular complexity index is 785. The second-order valence-electron chi connectivity index (χ2n) is 3.84. The number of sulfonamides is 1. The number of hydrogen-bond acceptors (Lipinski definition) is 6. The Morgan fingerprint density at radius 2 is 2.05 bits per heavy atom. The number of nitrogen functional groups attached to an aromatic ring is 1. The summed E-state index contributed by atoms with van der Waals surface area (Å²) in [7, 11) is -2.74. The Kier molecular flexibility index (Phi) is 4.14. The average molecular weight is 333 g/mol. The van der Waals surface area contributed by atoms with Gasteiger partial charge >= 0.3 is 0 Å². The maximum atomic E-state index is 13.0. The van der Waals surface area contributed by atoms with Crippen molar-refractivity contribution in [1.82, 2.24) is 9.97 Å². The lowest BCUT2D eigenvalue weighted by molar-refractivity contribution is 0.397. The number of nitrogens with zero attached hydrogens (tertiary/aromatic N) is 2. The Balaban J connectivity index is 2.39. The van der Waals surface area contributed by atoms with Crippen LogP contribution in [0.2, 0.25) is 5.15 Å². The van der Waals surface area contributed by atoms with Gasteiger partial charge in [0.05, 0.1) is 12.8 Å². The molecule has 0 saturated heterocycles. The minimum absolute atomic E-state index is 0.00775. The number of halogens is 2. The molecule has 0 aliphatic carbocycles. The molecule has 112 valence electrons. The molecule has 1 aromatic carbocycles. The van der Waals surface area contributed by atoms with E-state index in [-0.39, 0.29) is 27.6 Å². The van der Waals surface area contributed by atoms with Crippen LogP contribution in [0.4, 0.5) is 16.0 Å². The first kappa shape index (κ1) is 15.3. The van der Waals surface area contributed by atoms with Gasteiger partial charge in [-0.3, -0.25) is 0 Å². The second kappa shape index (κ2) is 5.70. The van der Waals surface area contributed by atoms with E-state index < -0.39 is 15.8 Å². The van der Waals surface area contributed by atoms with E-state index in [4.69, 9.17) is 22.1 Å². The van der Waals surface area contributed by atoms with Gasteiger partial charge in [0.25, 0.3) is 10.0 Å². The number of hydrogen-bond donors (Lipinski definition) is 2. The van der Waals surface area contributed by atoms with E-state index in [1.807, 2.05) is 0 Å². The standard InChI is InChI=1S/C11H10ClFN4O3S/c1-20-10-5-9(12)15-11(16-10)17-21(18,19)8-3-2-6(13)4-7(8)14/h2-5H,14H2,1H3,(H,15,16,17). The number of ether oxygens (including phenoxy) is 1. The number of methoxy groups -OCH3 is 1. The van der Waals surface area contributed by atoms with Gasteiger partial charge in [0, 0.05) is 6.07 Å². The predicted molar refractivity (Wildman–Crippen MR) is 75.2 cm³/mol. The van der Waals surface area contributed by atoms with Gasteiger partial charge < -0.3 is 10.5 Å². The molecule has 0 saturated carbocycles. The van der Waals surface area contributed by atoms with Crippen molar-refractivity contribution >= 4 is 33.3 Å². The molecule has 7 nitrogen and oxygen atoms in total. The normalized spacial score (nSPS) is 11.2. The van der Waals surface area contributed by atoms with Crippen molar-refractivity contribution in [2.75, 3.05) is 17.6 Å². The molecule has 2 aromatic rings. The summed E-state index contributed by atoms with van der Waals surface area (Å²) in [5, 5.41) is -0.00775. The summed E-state index contributed by atoms with van der Waals surface area (Å²) in [4.78, 5) is 7.20. The van der Waals surface area contributed by atoms with Crippen LogP contribution in [-0.2, 0) is 10.0 Å². The third-order valence-electron chi connectivity index (χ3n) is 2.37. The minimum atomic E-state index is -4.08. The van der Waals surface area contributed by atoms with Crippen LogP contribution in [0.5, 0.6) is 5.88 Å². The number of nitrogens with one attached hydrogen (secondary N) is 1. The van der Waals surface area contributed by atoms with E-state index in [9.17, 15) is 12.8 Å². The summed E-state index contributed by atoms with van der Waals surface area (Å²) in [5.74, 6) is -0.852. The average Bonchev–Trinajstić information content (AvgIpc) is 2.36. The lowest BCUT2D eigenvalue weighted by Gasteiger charge is -2.09. The molecule has 0 unspecified atom stereocenters.